The first-order valence-electron chi connectivity index (χ1n) is 4.96. The summed E-state index contributed by atoms with van der Waals surface area (Å²) in [6, 6.07) is 5.69. The topological polar surface area (TPSA) is 32.3 Å². The molecule has 0 saturated carbocycles. The third-order valence-corrected chi connectivity index (χ3v) is 2.95. The zero-order valence-electron chi connectivity index (χ0n) is 9.00. The number of carbonyl (C=O) groups is 1. The van der Waals surface area contributed by atoms with Gasteiger partial charge in [-0.3, -0.25) is 4.79 Å². The molecule has 0 bridgehead atoms. The molecule has 1 aliphatic rings. The molecule has 0 spiro atoms. The van der Waals surface area contributed by atoms with Crippen LogP contribution in [0.3, 0.4) is 0 Å². The Hall–Kier alpha value is -0.770. The molecule has 5 heteroatoms. The quantitative estimate of drug-likeness (QED) is 0.881. The summed E-state index contributed by atoms with van der Waals surface area (Å²) in [5.41, 5.74) is 2.05. The Bertz CT molecular complexity index is 396. The highest BCUT2D eigenvalue weighted by Crippen LogP contribution is 2.33. The van der Waals surface area contributed by atoms with E-state index in [0.29, 0.717) is 6.54 Å². The molecule has 0 atom stereocenters. The molecule has 16 heavy (non-hydrogen) atoms. The maximum atomic E-state index is 11.7. The van der Waals surface area contributed by atoms with Gasteiger partial charge in [-0.25, -0.2) is 0 Å². The maximum Gasteiger partial charge on any atom is 0.240 e. The smallest absolute Gasteiger partial charge is 0.240 e. The number of carbonyl (C=O) groups excluding carboxylic acids is 1. The summed E-state index contributed by atoms with van der Waals surface area (Å²) in [6.07, 6.45) is 0.852. The van der Waals surface area contributed by atoms with E-state index >= 15 is 0 Å². The van der Waals surface area contributed by atoms with Crippen LogP contribution < -0.4 is 10.2 Å². The highest BCUT2D eigenvalue weighted by Gasteiger charge is 2.25. The number of benzene rings is 1. The molecule has 0 saturated heterocycles. The maximum absolute atomic E-state index is 11.7. The van der Waals surface area contributed by atoms with Gasteiger partial charge in [0, 0.05) is 17.3 Å². The van der Waals surface area contributed by atoms with Crippen molar-refractivity contribution in [2.45, 2.75) is 6.42 Å². The van der Waals surface area contributed by atoms with Crippen molar-refractivity contribution in [1.29, 1.82) is 0 Å². The van der Waals surface area contributed by atoms with E-state index in [-0.39, 0.29) is 18.3 Å². The minimum Gasteiger partial charge on any atom is -0.311 e. The molecule has 3 nitrogen and oxygen atoms in total. The fraction of sp³-hybridized carbons (Fsp3) is 0.364. The van der Waals surface area contributed by atoms with Gasteiger partial charge in [-0.05, 0) is 31.2 Å². The van der Waals surface area contributed by atoms with E-state index in [4.69, 9.17) is 11.6 Å². The molecule has 1 aliphatic heterocycles. The molecule has 1 heterocycles. The van der Waals surface area contributed by atoms with Crippen LogP contribution in [0.4, 0.5) is 5.69 Å². The van der Waals surface area contributed by atoms with Gasteiger partial charge < -0.3 is 10.2 Å². The lowest BCUT2D eigenvalue weighted by Gasteiger charge is -2.16. The van der Waals surface area contributed by atoms with Gasteiger partial charge in [-0.2, -0.15) is 0 Å². The number of halogens is 2. The number of amides is 1. The van der Waals surface area contributed by atoms with Crippen LogP contribution in [0.1, 0.15) is 5.56 Å². The van der Waals surface area contributed by atoms with Gasteiger partial charge >= 0.3 is 0 Å². The molecule has 0 aromatic heterocycles. The van der Waals surface area contributed by atoms with Crippen molar-refractivity contribution in [3.63, 3.8) is 0 Å². The normalized spacial score (nSPS) is 13.2. The van der Waals surface area contributed by atoms with Gasteiger partial charge in [0.1, 0.15) is 0 Å². The van der Waals surface area contributed by atoms with Crippen LogP contribution in [0.25, 0.3) is 0 Å². The van der Waals surface area contributed by atoms with E-state index in [2.05, 4.69) is 5.32 Å². The minimum absolute atomic E-state index is 0. The number of nitrogens with zero attached hydrogens (tertiary/aromatic N) is 1. The van der Waals surface area contributed by atoms with Crippen LogP contribution in [-0.2, 0) is 11.2 Å². The monoisotopic (exact) mass is 260 g/mol. The number of nitrogens with one attached hydrogen (secondary N) is 1. The second kappa shape index (κ2) is 5.53. The van der Waals surface area contributed by atoms with Gasteiger partial charge in [-0.15, -0.1) is 12.4 Å². The first-order chi connectivity index (χ1) is 7.24. The average Bonchev–Trinajstić information content (AvgIpc) is 2.63. The predicted octanol–water partition coefficient (Wildman–Crippen LogP) is 1.87. The number of anilines is 1. The fourth-order valence-electron chi connectivity index (χ4n) is 1.90. The number of fused-ring (bicyclic) bond motifs is 1. The van der Waals surface area contributed by atoms with Crippen LogP contribution >= 0.6 is 24.0 Å². The molecule has 0 radical (unpaired) electrons. The second-order valence-electron chi connectivity index (χ2n) is 3.56. The molecule has 1 N–H and O–H groups in total. The van der Waals surface area contributed by atoms with E-state index in [1.54, 1.807) is 11.9 Å². The number of likely N-dealkylation sites (N-methyl/N-ethyl adjacent to an activating group) is 1. The van der Waals surface area contributed by atoms with E-state index in [0.717, 1.165) is 29.2 Å². The van der Waals surface area contributed by atoms with Gasteiger partial charge in [-0.1, -0.05) is 17.7 Å². The van der Waals surface area contributed by atoms with Gasteiger partial charge in [0.05, 0.1) is 6.54 Å². The Labute approximate surface area is 106 Å². The van der Waals surface area contributed by atoms with Crippen LogP contribution in [-0.4, -0.2) is 26.0 Å². The van der Waals surface area contributed by atoms with Crippen molar-refractivity contribution < 1.29 is 4.79 Å². The third kappa shape index (κ3) is 2.32. The van der Waals surface area contributed by atoms with Crippen molar-refractivity contribution in [2.75, 3.05) is 25.0 Å². The molecular weight excluding hydrogens is 247 g/mol. The van der Waals surface area contributed by atoms with E-state index < -0.39 is 0 Å². The Balaban J connectivity index is 0.00000128. The first kappa shape index (κ1) is 13.3. The average molecular weight is 261 g/mol. The van der Waals surface area contributed by atoms with Crippen LogP contribution in [0.2, 0.25) is 5.02 Å². The molecule has 1 aromatic rings. The van der Waals surface area contributed by atoms with Crippen molar-refractivity contribution >= 4 is 35.6 Å². The highest BCUT2D eigenvalue weighted by molar-refractivity contribution is 6.32. The highest BCUT2D eigenvalue weighted by atomic mass is 35.5. The van der Waals surface area contributed by atoms with Crippen LogP contribution in [0.5, 0.6) is 0 Å². The Morgan fingerprint density at radius 2 is 2.31 bits per heavy atom. The Kier molecular flexibility index (Phi) is 4.59. The van der Waals surface area contributed by atoms with E-state index in [1.165, 1.54) is 0 Å². The zero-order valence-corrected chi connectivity index (χ0v) is 10.6. The largest absolute Gasteiger partial charge is 0.311 e. The second-order valence-corrected chi connectivity index (χ2v) is 3.97. The van der Waals surface area contributed by atoms with Crippen LogP contribution in [0, 0.1) is 0 Å². The van der Waals surface area contributed by atoms with Crippen molar-refractivity contribution in [3.8, 4) is 0 Å². The summed E-state index contributed by atoms with van der Waals surface area (Å²) < 4.78 is 0. The zero-order chi connectivity index (χ0) is 10.8. The van der Waals surface area contributed by atoms with Gasteiger partial charge in [0.2, 0.25) is 5.91 Å². The fourth-order valence-corrected chi connectivity index (χ4v) is 2.16. The van der Waals surface area contributed by atoms with E-state index in [1.807, 2.05) is 18.2 Å². The number of rotatable bonds is 2. The molecule has 0 unspecified atom stereocenters. The first-order valence-corrected chi connectivity index (χ1v) is 5.34. The Morgan fingerprint density at radius 3 is 3.00 bits per heavy atom. The van der Waals surface area contributed by atoms with Crippen LogP contribution in [0.15, 0.2) is 18.2 Å². The molecule has 1 aromatic carbocycles. The Morgan fingerprint density at radius 1 is 1.56 bits per heavy atom. The lowest BCUT2D eigenvalue weighted by atomic mass is 10.2. The van der Waals surface area contributed by atoms with E-state index in [9.17, 15) is 4.79 Å². The summed E-state index contributed by atoms with van der Waals surface area (Å²) in [6.45, 7) is 1.10. The summed E-state index contributed by atoms with van der Waals surface area (Å²) in [5, 5.41) is 3.62. The third-order valence-electron chi connectivity index (χ3n) is 2.60. The molecule has 2 rings (SSSR count). The lowest BCUT2D eigenvalue weighted by Crippen LogP contribution is -2.35. The van der Waals surface area contributed by atoms with Gasteiger partial charge in [0.25, 0.3) is 0 Å². The molecular formula is C11H14Cl2N2O. The number of hydrogen-bond donors (Lipinski definition) is 1. The van der Waals surface area contributed by atoms with Crippen molar-refractivity contribution in [2.24, 2.45) is 0 Å². The summed E-state index contributed by atoms with van der Waals surface area (Å²) in [4.78, 5) is 13.5. The number of hydrogen-bond acceptors (Lipinski definition) is 2. The SMILES string of the molecule is CNCC(=O)N1CCc2c(Cl)cccc21.Cl. The molecule has 0 fully saturated rings. The summed E-state index contributed by atoms with van der Waals surface area (Å²) in [5.74, 6) is 0.0958. The lowest BCUT2D eigenvalue weighted by molar-refractivity contribution is -0.117. The summed E-state index contributed by atoms with van der Waals surface area (Å²) >= 11 is 6.06. The molecule has 1 amide bonds. The van der Waals surface area contributed by atoms with Crippen molar-refractivity contribution in [3.05, 3.63) is 28.8 Å². The van der Waals surface area contributed by atoms with Crippen molar-refractivity contribution in [1.82, 2.24) is 5.32 Å². The van der Waals surface area contributed by atoms with Gasteiger partial charge in [0.15, 0.2) is 0 Å². The summed E-state index contributed by atoms with van der Waals surface area (Å²) in [7, 11) is 1.77. The standard InChI is InChI=1S/C11H13ClN2O.ClH/c1-13-7-11(15)14-6-5-8-9(12)3-2-4-10(8)14;/h2-4,13H,5-7H2,1H3;1H. The minimum atomic E-state index is 0. The predicted molar refractivity (Wildman–Crippen MR) is 68.7 cm³/mol. The molecule has 88 valence electrons. The molecule has 0 aliphatic carbocycles.